The highest BCUT2D eigenvalue weighted by atomic mass is 16.5. The van der Waals surface area contributed by atoms with Crippen LogP contribution in [0, 0.1) is 0 Å². The van der Waals surface area contributed by atoms with Crippen molar-refractivity contribution in [3.63, 3.8) is 0 Å². The van der Waals surface area contributed by atoms with Crippen molar-refractivity contribution in [1.29, 1.82) is 0 Å². The van der Waals surface area contributed by atoms with Crippen LogP contribution in [0.3, 0.4) is 0 Å². The average molecular weight is 186 g/mol. The minimum atomic E-state index is -0.117. The zero-order chi connectivity index (χ0) is 9.68. The molecule has 0 radical (unpaired) electrons. The number of rotatable bonds is 4. The Balaban J connectivity index is 2.30. The van der Waals surface area contributed by atoms with Crippen molar-refractivity contribution in [3.8, 4) is 0 Å². The summed E-state index contributed by atoms with van der Waals surface area (Å²) in [5.41, 5.74) is 5.43. The molecule has 0 spiro atoms. The Kier molecular flexibility index (Phi) is 4.18. The van der Waals surface area contributed by atoms with Crippen molar-refractivity contribution >= 4 is 5.91 Å². The summed E-state index contributed by atoms with van der Waals surface area (Å²) < 4.78 is 5.06. The van der Waals surface area contributed by atoms with Crippen molar-refractivity contribution in [2.75, 3.05) is 26.7 Å². The third kappa shape index (κ3) is 2.97. The molecule has 1 aliphatic rings. The molecule has 2 N–H and O–H groups in total. The van der Waals surface area contributed by atoms with Crippen LogP contribution < -0.4 is 5.73 Å². The van der Waals surface area contributed by atoms with Gasteiger partial charge in [0.2, 0.25) is 5.91 Å². The Labute approximate surface area is 79.0 Å². The normalized spacial score (nSPS) is 19.1. The first-order valence-electron chi connectivity index (χ1n) is 4.78. The highest BCUT2D eigenvalue weighted by Crippen LogP contribution is 2.10. The fourth-order valence-electron chi connectivity index (χ4n) is 1.55. The van der Waals surface area contributed by atoms with Gasteiger partial charge in [0.05, 0.1) is 12.5 Å². The maximum absolute atomic E-state index is 11.6. The van der Waals surface area contributed by atoms with E-state index in [-0.39, 0.29) is 12.0 Å². The van der Waals surface area contributed by atoms with Crippen LogP contribution in [0.2, 0.25) is 0 Å². The number of amides is 1. The zero-order valence-electron chi connectivity index (χ0n) is 8.16. The van der Waals surface area contributed by atoms with Gasteiger partial charge >= 0.3 is 0 Å². The lowest BCUT2D eigenvalue weighted by Crippen LogP contribution is -2.34. The van der Waals surface area contributed by atoms with Crippen molar-refractivity contribution in [1.82, 2.24) is 4.90 Å². The van der Waals surface area contributed by atoms with Crippen LogP contribution in [0.25, 0.3) is 0 Å². The van der Waals surface area contributed by atoms with Gasteiger partial charge in [-0.3, -0.25) is 4.79 Å². The van der Waals surface area contributed by atoms with Gasteiger partial charge in [-0.15, -0.1) is 0 Å². The van der Waals surface area contributed by atoms with Gasteiger partial charge in [-0.25, -0.2) is 0 Å². The number of nitrogens with two attached hydrogens (primary N) is 1. The van der Waals surface area contributed by atoms with E-state index in [1.54, 1.807) is 7.11 Å². The van der Waals surface area contributed by atoms with Gasteiger partial charge in [0.1, 0.15) is 0 Å². The van der Waals surface area contributed by atoms with E-state index in [0.29, 0.717) is 13.0 Å². The summed E-state index contributed by atoms with van der Waals surface area (Å²) >= 11 is 0. The van der Waals surface area contributed by atoms with E-state index in [9.17, 15) is 4.79 Å². The summed E-state index contributed by atoms with van der Waals surface area (Å²) in [5.74, 6) is 0.176. The number of likely N-dealkylation sites (tertiary alicyclic amines) is 1. The number of ether oxygens (including phenoxy) is 1. The minimum absolute atomic E-state index is 0.117. The molecule has 0 aromatic carbocycles. The topological polar surface area (TPSA) is 55.6 Å². The SMILES string of the molecule is COC(CN)CC(=O)N1CCCC1. The first-order chi connectivity index (χ1) is 6.27. The van der Waals surface area contributed by atoms with Gasteiger partial charge in [-0.2, -0.15) is 0 Å². The summed E-state index contributed by atoms with van der Waals surface area (Å²) in [6.45, 7) is 2.22. The van der Waals surface area contributed by atoms with Gasteiger partial charge in [0, 0.05) is 26.7 Å². The van der Waals surface area contributed by atoms with Gasteiger partial charge in [0.15, 0.2) is 0 Å². The Morgan fingerprint density at radius 3 is 2.62 bits per heavy atom. The molecule has 1 heterocycles. The first-order valence-corrected chi connectivity index (χ1v) is 4.78. The van der Waals surface area contributed by atoms with Crippen molar-refractivity contribution in [2.24, 2.45) is 5.73 Å². The Morgan fingerprint density at radius 1 is 1.54 bits per heavy atom. The average Bonchev–Trinajstić information content (AvgIpc) is 2.66. The van der Waals surface area contributed by atoms with Crippen molar-refractivity contribution in [3.05, 3.63) is 0 Å². The second kappa shape index (κ2) is 5.19. The number of hydrogen-bond acceptors (Lipinski definition) is 3. The maximum Gasteiger partial charge on any atom is 0.225 e. The van der Waals surface area contributed by atoms with Gasteiger partial charge in [-0.1, -0.05) is 0 Å². The molecule has 0 aliphatic carbocycles. The van der Waals surface area contributed by atoms with E-state index in [2.05, 4.69) is 0 Å². The number of methoxy groups -OCH3 is 1. The van der Waals surface area contributed by atoms with Crippen molar-refractivity contribution in [2.45, 2.75) is 25.4 Å². The second-order valence-electron chi connectivity index (χ2n) is 3.39. The highest BCUT2D eigenvalue weighted by Gasteiger charge is 2.20. The summed E-state index contributed by atoms with van der Waals surface area (Å²) in [4.78, 5) is 13.5. The Hall–Kier alpha value is -0.610. The van der Waals surface area contributed by atoms with Gasteiger partial charge in [-0.05, 0) is 12.8 Å². The molecule has 0 aromatic heterocycles. The lowest BCUT2D eigenvalue weighted by molar-refractivity contribution is -0.132. The molecule has 1 aliphatic heterocycles. The van der Waals surface area contributed by atoms with Crippen LogP contribution in [0.15, 0.2) is 0 Å². The molecular formula is C9H18N2O2. The molecule has 4 nitrogen and oxygen atoms in total. The minimum Gasteiger partial charge on any atom is -0.380 e. The lowest BCUT2D eigenvalue weighted by Gasteiger charge is -2.18. The predicted octanol–water partition coefficient (Wildman–Crippen LogP) is -0.0274. The van der Waals surface area contributed by atoms with Gasteiger partial charge in [0.25, 0.3) is 0 Å². The molecule has 1 fully saturated rings. The van der Waals surface area contributed by atoms with E-state index in [1.165, 1.54) is 0 Å². The van der Waals surface area contributed by atoms with Crippen molar-refractivity contribution < 1.29 is 9.53 Å². The van der Waals surface area contributed by atoms with E-state index >= 15 is 0 Å². The molecule has 1 rings (SSSR count). The van der Waals surface area contributed by atoms with E-state index in [0.717, 1.165) is 25.9 Å². The molecule has 1 unspecified atom stereocenters. The zero-order valence-corrected chi connectivity index (χ0v) is 8.16. The molecule has 0 saturated carbocycles. The highest BCUT2D eigenvalue weighted by molar-refractivity contribution is 5.76. The smallest absolute Gasteiger partial charge is 0.225 e. The molecule has 0 bridgehead atoms. The molecule has 1 amide bonds. The molecule has 1 atom stereocenters. The second-order valence-corrected chi connectivity index (χ2v) is 3.39. The van der Waals surface area contributed by atoms with Crippen LogP contribution in [0.5, 0.6) is 0 Å². The molecule has 4 heteroatoms. The summed E-state index contributed by atoms with van der Waals surface area (Å²) in [5, 5.41) is 0. The Bertz CT molecular complexity index is 163. The molecule has 0 aromatic rings. The van der Waals surface area contributed by atoms with Crippen LogP contribution in [0.4, 0.5) is 0 Å². The van der Waals surface area contributed by atoms with Crippen LogP contribution in [0.1, 0.15) is 19.3 Å². The van der Waals surface area contributed by atoms with Crippen LogP contribution in [-0.4, -0.2) is 43.7 Å². The summed E-state index contributed by atoms with van der Waals surface area (Å²) in [6, 6.07) is 0. The number of carbonyl (C=O) groups excluding carboxylic acids is 1. The largest absolute Gasteiger partial charge is 0.380 e. The first kappa shape index (κ1) is 10.5. The molecule has 76 valence electrons. The number of hydrogen-bond donors (Lipinski definition) is 1. The monoisotopic (exact) mass is 186 g/mol. The van der Waals surface area contributed by atoms with E-state index in [4.69, 9.17) is 10.5 Å². The number of carbonyl (C=O) groups is 1. The third-order valence-electron chi connectivity index (χ3n) is 2.46. The predicted molar refractivity (Wildman–Crippen MR) is 50.3 cm³/mol. The van der Waals surface area contributed by atoms with E-state index < -0.39 is 0 Å². The number of nitrogens with zero attached hydrogens (tertiary/aromatic N) is 1. The molecular weight excluding hydrogens is 168 g/mol. The lowest BCUT2D eigenvalue weighted by atomic mass is 10.2. The van der Waals surface area contributed by atoms with Crippen LogP contribution >= 0.6 is 0 Å². The molecule has 13 heavy (non-hydrogen) atoms. The maximum atomic E-state index is 11.6. The summed E-state index contributed by atoms with van der Waals surface area (Å²) in [6.07, 6.45) is 2.57. The fourth-order valence-corrected chi connectivity index (χ4v) is 1.55. The Morgan fingerprint density at radius 2 is 2.15 bits per heavy atom. The van der Waals surface area contributed by atoms with Gasteiger partial charge < -0.3 is 15.4 Å². The molecule has 1 saturated heterocycles. The summed E-state index contributed by atoms with van der Waals surface area (Å²) in [7, 11) is 1.59. The quantitative estimate of drug-likeness (QED) is 0.671. The fraction of sp³-hybridized carbons (Fsp3) is 0.889. The third-order valence-corrected chi connectivity index (χ3v) is 2.46. The standard InChI is InChI=1S/C9H18N2O2/c1-13-8(7-10)6-9(12)11-4-2-3-5-11/h8H,2-7,10H2,1H3. The van der Waals surface area contributed by atoms with E-state index in [1.807, 2.05) is 4.90 Å². The van der Waals surface area contributed by atoms with Crippen LogP contribution in [-0.2, 0) is 9.53 Å².